The minimum absolute atomic E-state index is 0.108. The molecule has 1 aromatic heterocycles. The van der Waals surface area contributed by atoms with Crippen LogP contribution in [-0.2, 0) is 19.7 Å². The summed E-state index contributed by atoms with van der Waals surface area (Å²) >= 11 is 0. The van der Waals surface area contributed by atoms with Gasteiger partial charge in [-0.15, -0.1) is 0 Å². The van der Waals surface area contributed by atoms with Crippen molar-refractivity contribution in [2.75, 3.05) is 6.54 Å². The number of fused-ring (bicyclic) bond motifs is 1. The van der Waals surface area contributed by atoms with Crippen molar-refractivity contribution in [2.24, 2.45) is 0 Å². The number of benzene rings is 1. The monoisotopic (exact) mass is 361 g/mol. The van der Waals surface area contributed by atoms with Gasteiger partial charge in [-0.05, 0) is 24.3 Å². The average molecular weight is 361 g/mol. The van der Waals surface area contributed by atoms with Crippen LogP contribution in [0.25, 0.3) is 0 Å². The normalized spacial score (nSPS) is 13.7. The van der Waals surface area contributed by atoms with Crippen LogP contribution >= 0.6 is 0 Å². The first kappa shape index (κ1) is 16.7. The van der Waals surface area contributed by atoms with Crippen molar-refractivity contribution >= 4 is 27.8 Å². The minimum Gasteiger partial charge on any atom is -0.328 e. The topological polar surface area (TPSA) is 123 Å². The lowest BCUT2D eigenvalue weighted by molar-refractivity contribution is -0.166. The number of nitrogens with zero attached hydrogens (tertiary/aromatic N) is 2. The fraction of sp³-hybridized carbons (Fsp3) is 0.0667. The smallest absolute Gasteiger partial charge is 0.328 e. The molecule has 10 heteroatoms. The molecule has 3 rings (SSSR count). The third kappa shape index (κ3) is 3.25. The number of carbonyl (C=O) groups excluding carboxylic acids is 3. The van der Waals surface area contributed by atoms with Gasteiger partial charge in [0.1, 0.15) is 11.4 Å². The van der Waals surface area contributed by atoms with Crippen molar-refractivity contribution < 1.29 is 27.6 Å². The molecule has 1 aliphatic rings. The molecule has 1 aromatic carbocycles. The van der Waals surface area contributed by atoms with E-state index in [0.717, 1.165) is 6.20 Å². The Bertz CT molecular complexity index is 923. The van der Waals surface area contributed by atoms with E-state index in [0.29, 0.717) is 5.06 Å². The van der Waals surface area contributed by atoms with E-state index in [4.69, 9.17) is 4.84 Å². The summed E-state index contributed by atoms with van der Waals surface area (Å²) in [4.78, 5) is 44.1. The van der Waals surface area contributed by atoms with Gasteiger partial charge in [-0.3, -0.25) is 14.6 Å². The van der Waals surface area contributed by atoms with Crippen LogP contribution in [0, 0.1) is 0 Å². The lowest BCUT2D eigenvalue weighted by atomic mass is 10.1. The number of carbonyl (C=O) groups is 3. The maximum absolute atomic E-state index is 12.0. The number of rotatable bonds is 5. The van der Waals surface area contributed by atoms with E-state index < -0.39 is 34.4 Å². The zero-order chi connectivity index (χ0) is 18.0. The third-order valence-corrected chi connectivity index (χ3v) is 4.69. The van der Waals surface area contributed by atoms with Crippen molar-refractivity contribution in [3.05, 3.63) is 59.9 Å². The summed E-state index contributed by atoms with van der Waals surface area (Å²) < 4.78 is 26.0. The average Bonchev–Trinajstić information content (AvgIpc) is 2.86. The first-order valence-corrected chi connectivity index (χ1v) is 8.47. The van der Waals surface area contributed by atoms with Gasteiger partial charge in [-0.25, -0.2) is 13.2 Å². The maximum Gasteiger partial charge on any atom is 0.347 e. The zero-order valence-corrected chi connectivity index (χ0v) is 13.4. The fourth-order valence-electron chi connectivity index (χ4n) is 2.13. The molecule has 2 aromatic rings. The van der Waals surface area contributed by atoms with E-state index in [1.54, 1.807) is 12.1 Å². The summed E-state index contributed by atoms with van der Waals surface area (Å²) in [6.45, 7) is -0.759. The minimum atomic E-state index is -3.97. The van der Waals surface area contributed by atoms with Crippen molar-refractivity contribution in [2.45, 2.75) is 4.90 Å². The van der Waals surface area contributed by atoms with E-state index >= 15 is 0 Å². The largest absolute Gasteiger partial charge is 0.347 e. The summed E-state index contributed by atoms with van der Waals surface area (Å²) in [5.74, 6) is -2.69. The molecule has 0 bridgehead atoms. The number of amides is 2. The van der Waals surface area contributed by atoms with Crippen LogP contribution in [0.1, 0.15) is 20.7 Å². The van der Waals surface area contributed by atoms with Crippen molar-refractivity contribution in [3.63, 3.8) is 0 Å². The van der Waals surface area contributed by atoms with Gasteiger partial charge >= 0.3 is 5.97 Å². The lowest BCUT2D eigenvalue weighted by Crippen LogP contribution is -2.38. The number of hydrogen-bond acceptors (Lipinski definition) is 7. The van der Waals surface area contributed by atoms with Gasteiger partial charge in [-0.2, -0.15) is 4.72 Å². The Kier molecular flexibility index (Phi) is 4.30. The highest BCUT2D eigenvalue weighted by Gasteiger charge is 2.38. The van der Waals surface area contributed by atoms with Gasteiger partial charge in [0.15, 0.2) is 0 Å². The number of hydrogen-bond donors (Lipinski definition) is 1. The molecule has 0 unspecified atom stereocenters. The van der Waals surface area contributed by atoms with Crippen LogP contribution < -0.4 is 4.72 Å². The summed E-state index contributed by atoms with van der Waals surface area (Å²) in [6.07, 6.45) is 2.51. The van der Waals surface area contributed by atoms with Crippen LogP contribution in [0.5, 0.6) is 0 Å². The van der Waals surface area contributed by atoms with Crippen LogP contribution in [0.3, 0.4) is 0 Å². The second-order valence-corrected chi connectivity index (χ2v) is 6.69. The van der Waals surface area contributed by atoms with E-state index in [9.17, 15) is 22.8 Å². The number of sulfonamides is 1. The number of hydroxylamine groups is 2. The van der Waals surface area contributed by atoms with Gasteiger partial charge < -0.3 is 4.84 Å². The molecule has 25 heavy (non-hydrogen) atoms. The highest BCUT2D eigenvalue weighted by molar-refractivity contribution is 7.89. The Morgan fingerprint density at radius 3 is 2.28 bits per heavy atom. The maximum atomic E-state index is 12.0. The van der Waals surface area contributed by atoms with Crippen molar-refractivity contribution in [3.8, 4) is 0 Å². The summed E-state index contributed by atoms with van der Waals surface area (Å²) in [5.41, 5.74) is 0.215. The highest BCUT2D eigenvalue weighted by atomic mass is 32.2. The van der Waals surface area contributed by atoms with E-state index in [1.165, 1.54) is 30.5 Å². The van der Waals surface area contributed by atoms with Crippen LogP contribution in [0.2, 0.25) is 0 Å². The quantitative estimate of drug-likeness (QED) is 0.750. The molecular weight excluding hydrogens is 350 g/mol. The van der Waals surface area contributed by atoms with Crippen molar-refractivity contribution in [1.82, 2.24) is 14.8 Å². The van der Waals surface area contributed by atoms with Gasteiger partial charge in [0, 0.05) is 12.4 Å². The van der Waals surface area contributed by atoms with Gasteiger partial charge in [0.25, 0.3) is 11.8 Å². The number of aromatic nitrogens is 1. The molecule has 0 spiro atoms. The van der Waals surface area contributed by atoms with E-state index in [-0.39, 0.29) is 16.0 Å². The SMILES string of the molecule is O=C(CNS(=O)(=O)c1cccnc1)ON1C(=O)c2ccccc2C1=O. The number of imide groups is 1. The Balaban J connectivity index is 1.65. The number of nitrogens with one attached hydrogen (secondary N) is 1. The molecule has 0 saturated heterocycles. The van der Waals surface area contributed by atoms with E-state index in [2.05, 4.69) is 4.98 Å². The van der Waals surface area contributed by atoms with Crippen molar-refractivity contribution in [1.29, 1.82) is 0 Å². The molecule has 0 aliphatic carbocycles. The van der Waals surface area contributed by atoms with Gasteiger partial charge in [0.2, 0.25) is 10.0 Å². The summed E-state index contributed by atoms with van der Waals surface area (Å²) in [6, 6.07) is 8.70. The second-order valence-electron chi connectivity index (χ2n) is 4.93. The fourth-order valence-corrected chi connectivity index (χ4v) is 3.06. The molecule has 2 amide bonds. The Morgan fingerprint density at radius 1 is 1.08 bits per heavy atom. The van der Waals surface area contributed by atoms with Crippen LogP contribution in [-0.4, -0.2) is 42.8 Å². The van der Waals surface area contributed by atoms with Crippen LogP contribution in [0.4, 0.5) is 0 Å². The molecule has 0 atom stereocenters. The Morgan fingerprint density at radius 2 is 1.72 bits per heavy atom. The predicted octanol–water partition coefficient (Wildman–Crippen LogP) is 0.114. The standard InChI is InChI=1S/C15H11N3O6S/c19-13(9-17-25(22,23)10-4-3-7-16-8-10)24-18-14(20)11-5-1-2-6-12(11)15(18)21/h1-8,17H,9H2. The molecule has 1 N–H and O–H groups in total. The molecular formula is C15H11N3O6S. The molecule has 0 fully saturated rings. The summed E-state index contributed by atoms with van der Waals surface area (Å²) in [5, 5.41) is 0.311. The predicted molar refractivity (Wildman–Crippen MR) is 82.5 cm³/mol. The molecule has 2 heterocycles. The molecule has 128 valence electrons. The van der Waals surface area contributed by atoms with E-state index in [1.807, 2.05) is 4.72 Å². The Hall–Kier alpha value is -3.11. The van der Waals surface area contributed by atoms with Gasteiger partial charge in [0.05, 0.1) is 11.1 Å². The molecule has 1 aliphatic heterocycles. The molecule has 9 nitrogen and oxygen atoms in total. The third-order valence-electron chi connectivity index (χ3n) is 3.30. The number of pyridine rings is 1. The van der Waals surface area contributed by atoms with Gasteiger partial charge in [-0.1, -0.05) is 17.2 Å². The second kappa shape index (κ2) is 6.42. The lowest BCUT2D eigenvalue weighted by Gasteiger charge is -2.13. The first-order valence-electron chi connectivity index (χ1n) is 6.98. The molecule has 0 radical (unpaired) electrons. The first-order chi connectivity index (χ1) is 11.9. The Labute approximate surface area is 142 Å². The van der Waals surface area contributed by atoms with Crippen LogP contribution in [0.15, 0.2) is 53.7 Å². The summed E-state index contributed by atoms with van der Waals surface area (Å²) in [7, 11) is -3.97. The highest BCUT2D eigenvalue weighted by Crippen LogP contribution is 2.22. The molecule has 0 saturated carbocycles. The zero-order valence-electron chi connectivity index (χ0n) is 12.6.